The molecule has 4 aliphatic rings. The Labute approximate surface area is 194 Å². The normalized spacial score (nSPS) is 36.0. The Bertz CT molecular complexity index is 1070. The summed E-state index contributed by atoms with van der Waals surface area (Å²) < 4.78 is 18.2. The zero-order valence-electron chi connectivity index (χ0n) is 17.3. The molecule has 1 heterocycles. The van der Waals surface area contributed by atoms with Gasteiger partial charge in [-0.3, -0.25) is 0 Å². The van der Waals surface area contributed by atoms with Gasteiger partial charge in [0.15, 0.2) is 0 Å². The maximum Gasteiger partial charge on any atom is 0.338 e. The number of ether oxygens (including phenoxy) is 3. The van der Waals surface area contributed by atoms with Crippen molar-refractivity contribution in [3.8, 4) is 0 Å². The van der Waals surface area contributed by atoms with Crippen LogP contribution in [0.5, 0.6) is 0 Å². The summed E-state index contributed by atoms with van der Waals surface area (Å²) in [6.45, 7) is 0.137. The minimum atomic E-state index is -0.366. The molecule has 6 heteroatoms. The molecule has 5 nitrogen and oxygen atoms in total. The fourth-order valence-electron chi connectivity index (χ4n) is 6.27. The lowest BCUT2D eigenvalue weighted by Crippen LogP contribution is -2.45. The van der Waals surface area contributed by atoms with Crippen LogP contribution in [-0.2, 0) is 14.2 Å². The zero-order chi connectivity index (χ0) is 21.8. The fourth-order valence-corrected chi connectivity index (χ4v) is 7.35. The van der Waals surface area contributed by atoms with Gasteiger partial charge < -0.3 is 14.2 Å². The van der Waals surface area contributed by atoms with Crippen molar-refractivity contribution in [2.24, 2.45) is 23.7 Å². The molecule has 1 aliphatic heterocycles. The summed E-state index contributed by atoms with van der Waals surface area (Å²) in [5.74, 6) is 0.687. The minimum Gasteiger partial charge on any atom is -0.457 e. The van der Waals surface area contributed by atoms with Crippen LogP contribution in [0.2, 0.25) is 0 Å². The number of carbonyl (C=O) groups excluding carboxylic acids is 2. The number of benzene rings is 2. The van der Waals surface area contributed by atoms with E-state index in [2.05, 4.69) is 15.9 Å². The van der Waals surface area contributed by atoms with Crippen molar-refractivity contribution in [2.75, 3.05) is 6.61 Å². The molecule has 32 heavy (non-hydrogen) atoms. The number of esters is 2. The van der Waals surface area contributed by atoms with Crippen LogP contribution in [0.3, 0.4) is 0 Å². The topological polar surface area (TPSA) is 61.8 Å². The number of alkyl halides is 1. The number of carbonyl (C=O) groups is 2. The molecule has 8 atom stereocenters. The number of fused-ring (bicyclic) bond motifs is 2. The summed E-state index contributed by atoms with van der Waals surface area (Å²) in [4.78, 5) is 25.6. The van der Waals surface area contributed by atoms with Gasteiger partial charge in [0.25, 0.3) is 0 Å². The largest absolute Gasteiger partial charge is 0.457 e. The fraction of sp³-hybridized carbons (Fsp3) is 0.385. The molecule has 3 fully saturated rings. The Morgan fingerprint density at radius 1 is 0.906 bits per heavy atom. The molecule has 2 aromatic carbocycles. The predicted molar refractivity (Wildman–Crippen MR) is 120 cm³/mol. The van der Waals surface area contributed by atoms with Gasteiger partial charge in [-0.1, -0.05) is 52.3 Å². The standard InChI is InChI=1S/C26H23BrO5/c27-22-17-12-18-21-20(17)19(31-26(29)15-9-5-2-6-10-15)11-16(23(21)32-24(18)22)13-30-25(28)14-7-3-1-4-8-14/h1-11,17-24H,12-13H2/t17-,18+,19+,20?,21?,22-,23-,24+/m1/s1. The van der Waals surface area contributed by atoms with E-state index in [1.807, 2.05) is 42.5 Å². The van der Waals surface area contributed by atoms with Gasteiger partial charge in [-0.15, -0.1) is 0 Å². The van der Waals surface area contributed by atoms with E-state index in [1.165, 1.54) is 0 Å². The van der Waals surface area contributed by atoms with Crippen molar-refractivity contribution >= 4 is 27.9 Å². The smallest absolute Gasteiger partial charge is 0.338 e. The first kappa shape index (κ1) is 20.2. The molecule has 2 saturated carbocycles. The van der Waals surface area contributed by atoms with Crippen molar-refractivity contribution < 1.29 is 23.8 Å². The summed E-state index contributed by atoms with van der Waals surface area (Å²) in [5.41, 5.74) is 1.96. The Kier molecular flexibility index (Phi) is 4.95. The molecule has 0 amide bonds. The Morgan fingerprint density at radius 3 is 2.25 bits per heavy atom. The van der Waals surface area contributed by atoms with Gasteiger partial charge in [0, 0.05) is 16.7 Å². The van der Waals surface area contributed by atoms with Crippen molar-refractivity contribution in [2.45, 2.75) is 29.6 Å². The number of hydrogen-bond acceptors (Lipinski definition) is 5. The molecule has 0 aromatic heterocycles. The molecule has 2 bridgehead atoms. The van der Waals surface area contributed by atoms with Crippen molar-refractivity contribution in [3.05, 3.63) is 83.4 Å². The van der Waals surface area contributed by atoms with Gasteiger partial charge in [0.1, 0.15) is 12.7 Å². The molecular formula is C26H23BrO5. The van der Waals surface area contributed by atoms with Gasteiger partial charge >= 0.3 is 11.9 Å². The van der Waals surface area contributed by atoms with Crippen LogP contribution in [-0.4, -0.2) is 41.7 Å². The first-order valence-corrected chi connectivity index (χ1v) is 12.0. The van der Waals surface area contributed by atoms with E-state index < -0.39 is 0 Å². The molecule has 6 rings (SSSR count). The monoisotopic (exact) mass is 494 g/mol. The summed E-state index contributed by atoms with van der Waals surface area (Å²) in [7, 11) is 0. The quantitative estimate of drug-likeness (QED) is 0.349. The van der Waals surface area contributed by atoms with Crippen molar-refractivity contribution in [1.82, 2.24) is 0 Å². The predicted octanol–water partition coefficient (Wildman–Crippen LogP) is 4.42. The van der Waals surface area contributed by atoms with Crippen LogP contribution < -0.4 is 0 Å². The summed E-state index contributed by atoms with van der Waals surface area (Å²) in [5, 5.41) is 0. The van der Waals surface area contributed by atoms with E-state index in [4.69, 9.17) is 14.2 Å². The molecule has 164 valence electrons. The molecule has 1 saturated heterocycles. The number of halogens is 1. The van der Waals surface area contributed by atoms with E-state index >= 15 is 0 Å². The van der Waals surface area contributed by atoms with Gasteiger partial charge in [-0.05, 0) is 54.2 Å². The maximum absolute atomic E-state index is 12.9. The van der Waals surface area contributed by atoms with E-state index in [-0.39, 0.29) is 47.6 Å². The van der Waals surface area contributed by atoms with Crippen LogP contribution in [0.25, 0.3) is 0 Å². The van der Waals surface area contributed by atoms with E-state index in [0.29, 0.717) is 28.9 Å². The molecule has 3 aliphatic carbocycles. The molecule has 0 N–H and O–H groups in total. The Morgan fingerprint density at radius 2 is 1.56 bits per heavy atom. The highest BCUT2D eigenvalue weighted by Crippen LogP contribution is 2.65. The summed E-state index contributed by atoms with van der Waals surface area (Å²) in [6.07, 6.45) is 2.79. The second kappa shape index (κ2) is 7.85. The minimum absolute atomic E-state index is 0.0854. The lowest BCUT2D eigenvalue weighted by Gasteiger charge is -2.39. The van der Waals surface area contributed by atoms with E-state index in [0.717, 1.165) is 12.0 Å². The van der Waals surface area contributed by atoms with E-state index in [9.17, 15) is 9.59 Å². The van der Waals surface area contributed by atoms with Gasteiger partial charge in [-0.25, -0.2) is 9.59 Å². The first-order valence-electron chi connectivity index (χ1n) is 11.1. The molecule has 2 unspecified atom stereocenters. The number of rotatable bonds is 5. The van der Waals surface area contributed by atoms with Crippen LogP contribution >= 0.6 is 15.9 Å². The Hall–Kier alpha value is -2.44. The van der Waals surface area contributed by atoms with Crippen LogP contribution in [0.1, 0.15) is 27.1 Å². The van der Waals surface area contributed by atoms with Crippen LogP contribution in [0.15, 0.2) is 72.3 Å². The lowest BCUT2D eigenvalue weighted by molar-refractivity contribution is 0.000163. The van der Waals surface area contributed by atoms with Crippen LogP contribution in [0.4, 0.5) is 0 Å². The molecular weight excluding hydrogens is 472 g/mol. The molecule has 0 radical (unpaired) electrons. The maximum atomic E-state index is 12.9. The third-order valence-electron chi connectivity index (χ3n) is 7.53. The molecule has 2 aromatic rings. The lowest BCUT2D eigenvalue weighted by atomic mass is 9.70. The third-order valence-corrected chi connectivity index (χ3v) is 8.73. The molecule has 0 spiro atoms. The number of hydrogen-bond donors (Lipinski definition) is 0. The third kappa shape index (κ3) is 3.15. The Balaban J connectivity index is 1.27. The van der Waals surface area contributed by atoms with Crippen LogP contribution in [0, 0.1) is 23.7 Å². The first-order chi connectivity index (χ1) is 15.6. The summed E-state index contributed by atoms with van der Waals surface area (Å²) >= 11 is 3.86. The van der Waals surface area contributed by atoms with Gasteiger partial charge in [-0.2, -0.15) is 0 Å². The SMILES string of the molecule is O=C(OCC1=C[C@H](OC(=O)c2ccccc2)C2C3[C@@H]1O[C@@H]1[C@H](Br)[C@@H]2C[C@@H]31)c1ccccc1. The second-order valence-corrected chi connectivity index (χ2v) is 10.2. The highest BCUT2D eigenvalue weighted by molar-refractivity contribution is 9.09. The van der Waals surface area contributed by atoms with Crippen molar-refractivity contribution in [3.63, 3.8) is 0 Å². The van der Waals surface area contributed by atoms with E-state index in [1.54, 1.807) is 24.3 Å². The second-order valence-electron chi connectivity index (χ2n) is 9.10. The van der Waals surface area contributed by atoms with Gasteiger partial charge in [0.05, 0.1) is 23.3 Å². The summed E-state index contributed by atoms with van der Waals surface area (Å²) in [6, 6.07) is 18.0. The average molecular weight is 495 g/mol. The average Bonchev–Trinajstić information content (AvgIpc) is 3.47. The highest BCUT2D eigenvalue weighted by atomic mass is 79.9. The van der Waals surface area contributed by atoms with Gasteiger partial charge in [0.2, 0.25) is 0 Å². The zero-order valence-corrected chi connectivity index (χ0v) is 18.9. The van der Waals surface area contributed by atoms with Crippen molar-refractivity contribution in [1.29, 1.82) is 0 Å². The highest BCUT2D eigenvalue weighted by Gasteiger charge is 2.68.